The third kappa shape index (κ3) is 3.58. The van der Waals surface area contributed by atoms with E-state index in [1.807, 2.05) is 66.7 Å². The predicted octanol–water partition coefficient (Wildman–Crippen LogP) is 5.19. The lowest BCUT2D eigenvalue weighted by Gasteiger charge is -2.18. The Balaban J connectivity index is 1.52. The van der Waals surface area contributed by atoms with Crippen molar-refractivity contribution in [1.29, 1.82) is 0 Å². The summed E-state index contributed by atoms with van der Waals surface area (Å²) in [6, 6.07) is 22.8. The molecule has 5 rings (SSSR count). The zero-order valence-electron chi connectivity index (χ0n) is 15.8. The minimum absolute atomic E-state index is 0.233. The maximum Gasteiger partial charge on any atom is 0.282 e. The Kier molecular flexibility index (Phi) is 4.78. The molecule has 0 bridgehead atoms. The number of fused-ring (bicyclic) bond motifs is 1. The van der Waals surface area contributed by atoms with Crippen molar-refractivity contribution >= 4 is 32.6 Å². The van der Waals surface area contributed by atoms with Crippen LogP contribution in [-0.2, 0) is 6.54 Å². The van der Waals surface area contributed by atoms with Crippen molar-refractivity contribution in [2.45, 2.75) is 6.54 Å². The first-order valence-electron chi connectivity index (χ1n) is 9.36. The zero-order valence-corrected chi connectivity index (χ0v) is 16.6. The van der Waals surface area contributed by atoms with Crippen LogP contribution < -0.4 is 4.90 Å². The van der Waals surface area contributed by atoms with Crippen molar-refractivity contribution < 1.29 is 9.32 Å². The molecule has 0 fully saturated rings. The maximum absolute atomic E-state index is 13.4. The number of carbonyl (C=O) groups excluding carboxylic acids is 1. The van der Waals surface area contributed by atoms with Gasteiger partial charge in [-0.1, -0.05) is 65.0 Å². The summed E-state index contributed by atoms with van der Waals surface area (Å²) in [4.78, 5) is 23.9. The van der Waals surface area contributed by atoms with Crippen LogP contribution in [0, 0.1) is 0 Å². The van der Waals surface area contributed by atoms with E-state index in [0.717, 1.165) is 21.3 Å². The Morgan fingerprint density at radius 1 is 1.00 bits per heavy atom. The molecule has 0 radical (unpaired) electrons. The Morgan fingerprint density at radius 3 is 2.63 bits per heavy atom. The lowest BCUT2D eigenvalue weighted by atomic mass is 10.1. The van der Waals surface area contributed by atoms with Gasteiger partial charge < -0.3 is 4.52 Å². The number of nitrogens with zero attached hydrogens (tertiary/aromatic N) is 4. The second-order valence-electron chi connectivity index (χ2n) is 6.66. The van der Waals surface area contributed by atoms with Crippen molar-refractivity contribution in [3.05, 3.63) is 96.4 Å². The minimum Gasteiger partial charge on any atom is -0.355 e. The lowest BCUT2D eigenvalue weighted by molar-refractivity contribution is 0.0976. The summed E-state index contributed by atoms with van der Waals surface area (Å²) in [5.41, 5.74) is 2.85. The fourth-order valence-corrected chi connectivity index (χ4v) is 4.09. The van der Waals surface area contributed by atoms with E-state index in [9.17, 15) is 4.79 Å². The second kappa shape index (κ2) is 7.88. The summed E-state index contributed by atoms with van der Waals surface area (Å²) >= 11 is 1.47. The van der Waals surface area contributed by atoms with E-state index in [1.54, 1.807) is 23.4 Å². The summed E-state index contributed by atoms with van der Waals surface area (Å²) in [5.74, 6) is 0.272. The monoisotopic (exact) mass is 412 g/mol. The largest absolute Gasteiger partial charge is 0.355 e. The van der Waals surface area contributed by atoms with Gasteiger partial charge in [0, 0.05) is 24.0 Å². The van der Waals surface area contributed by atoms with Crippen molar-refractivity contribution in [3.8, 4) is 11.3 Å². The van der Waals surface area contributed by atoms with E-state index >= 15 is 0 Å². The number of benzene rings is 2. The fraction of sp³-hybridized carbons (Fsp3) is 0.0435. The number of hydrogen-bond acceptors (Lipinski definition) is 6. The standard InChI is InChI=1S/C23H16N4O2S/c28-22(19-13-20(29-26-19)17-8-2-1-3-9-17)27(15-16-7-6-12-24-14-16)23-25-18-10-4-5-11-21(18)30-23/h1-14H,15H2. The number of amides is 1. The van der Waals surface area contributed by atoms with Gasteiger partial charge in [0.15, 0.2) is 16.6 Å². The summed E-state index contributed by atoms with van der Waals surface area (Å²) in [5, 5.41) is 4.64. The quantitative estimate of drug-likeness (QED) is 0.397. The molecule has 0 aliphatic rings. The molecular formula is C23H16N4O2S. The fourth-order valence-electron chi connectivity index (χ4n) is 3.13. The topological polar surface area (TPSA) is 72.1 Å². The SMILES string of the molecule is O=C(c1cc(-c2ccccc2)on1)N(Cc1cccnc1)c1nc2ccccc2s1. The van der Waals surface area contributed by atoms with Crippen LogP contribution in [0.25, 0.3) is 21.5 Å². The van der Waals surface area contributed by atoms with Crippen LogP contribution in [-0.4, -0.2) is 21.0 Å². The molecule has 0 spiro atoms. The van der Waals surface area contributed by atoms with Crippen LogP contribution in [0.5, 0.6) is 0 Å². The van der Waals surface area contributed by atoms with Crippen LogP contribution in [0.4, 0.5) is 5.13 Å². The highest BCUT2D eigenvalue weighted by molar-refractivity contribution is 7.22. The molecule has 0 aliphatic carbocycles. The first kappa shape index (κ1) is 18.2. The summed E-state index contributed by atoms with van der Waals surface area (Å²) < 4.78 is 6.46. The minimum atomic E-state index is -0.274. The van der Waals surface area contributed by atoms with Crippen molar-refractivity contribution in [1.82, 2.24) is 15.1 Å². The average Bonchev–Trinajstić information content (AvgIpc) is 3.46. The molecule has 2 aromatic carbocycles. The number of anilines is 1. The number of thiazole rings is 1. The number of rotatable bonds is 5. The van der Waals surface area contributed by atoms with E-state index in [-0.39, 0.29) is 11.6 Å². The van der Waals surface area contributed by atoms with Gasteiger partial charge in [-0.05, 0) is 23.8 Å². The highest BCUT2D eigenvalue weighted by Gasteiger charge is 2.25. The Labute approximate surface area is 176 Å². The van der Waals surface area contributed by atoms with Gasteiger partial charge in [-0.25, -0.2) is 4.98 Å². The van der Waals surface area contributed by atoms with Crippen molar-refractivity contribution in [3.63, 3.8) is 0 Å². The number of aromatic nitrogens is 3. The van der Waals surface area contributed by atoms with Gasteiger partial charge in [0.25, 0.3) is 5.91 Å². The number of carbonyl (C=O) groups is 1. The maximum atomic E-state index is 13.4. The first-order chi connectivity index (χ1) is 14.8. The molecule has 3 heterocycles. The second-order valence-corrected chi connectivity index (χ2v) is 7.67. The van der Waals surface area contributed by atoms with Gasteiger partial charge in [-0.15, -0.1) is 0 Å². The number of pyridine rings is 1. The van der Waals surface area contributed by atoms with Gasteiger partial charge in [0.2, 0.25) is 0 Å². The van der Waals surface area contributed by atoms with E-state index < -0.39 is 0 Å². The molecule has 6 nitrogen and oxygen atoms in total. The summed E-state index contributed by atoms with van der Waals surface area (Å²) in [6.45, 7) is 0.333. The lowest BCUT2D eigenvalue weighted by Crippen LogP contribution is -2.30. The molecule has 1 amide bonds. The van der Waals surface area contributed by atoms with E-state index in [4.69, 9.17) is 4.52 Å². The predicted molar refractivity (Wildman–Crippen MR) is 116 cm³/mol. The molecule has 0 saturated heterocycles. The van der Waals surface area contributed by atoms with Crippen LogP contribution in [0.1, 0.15) is 16.1 Å². The van der Waals surface area contributed by atoms with Gasteiger partial charge in [0.1, 0.15) is 0 Å². The first-order valence-corrected chi connectivity index (χ1v) is 10.2. The Morgan fingerprint density at radius 2 is 1.83 bits per heavy atom. The Bertz CT molecular complexity index is 1270. The van der Waals surface area contributed by atoms with Gasteiger partial charge in [-0.3, -0.25) is 14.7 Å². The molecule has 3 aromatic heterocycles. The molecule has 0 atom stereocenters. The van der Waals surface area contributed by atoms with Crippen molar-refractivity contribution in [2.24, 2.45) is 0 Å². The van der Waals surface area contributed by atoms with Crippen LogP contribution in [0.3, 0.4) is 0 Å². The smallest absolute Gasteiger partial charge is 0.282 e. The molecular weight excluding hydrogens is 396 g/mol. The normalized spacial score (nSPS) is 10.9. The van der Waals surface area contributed by atoms with Gasteiger partial charge >= 0.3 is 0 Å². The summed E-state index contributed by atoms with van der Waals surface area (Å²) in [7, 11) is 0. The van der Waals surface area contributed by atoms with Crippen LogP contribution >= 0.6 is 11.3 Å². The highest BCUT2D eigenvalue weighted by atomic mass is 32.1. The molecule has 146 valence electrons. The van der Waals surface area contributed by atoms with Crippen molar-refractivity contribution in [2.75, 3.05) is 4.90 Å². The molecule has 0 saturated carbocycles. The number of para-hydroxylation sites is 1. The summed E-state index contributed by atoms with van der Waals surface area (Å²) in [6.07, 6.45) is 3.45. The molecule has 0 unspecified atom stereocenters. The third-order valence-electron chi connectivity index (χ3n) is 4.61. The van der Waals surface area contributed by atoms with Gasteiger partial charge in [-0.2, -0.15) is 0 Å². The highest BCUT2D eigenvalue weighted by Crippen LogP contribution is 2.31. The average molecular weight is 412 g/mol. The van der Waals surface area contributed by atoms with E-state index in [0.29, 0.717) is 17.4 Å². The number of hydrogen-bond donors (Lipinski definition) is 0. The molecule has 0 aliphatic heterocycles. The van der Waals surface area contributed by atoms with Gasteiger partial charge in [0.05, 0.1) is 16.8 Å². The molecule has 30 heavy (non-hydrogen) atoms. The van der Waals surface area contributed by atoms with E-state index in [1.165, 1.54) is 11.3 Å². The Hall–Kier alpha value is -3.84. The zero-order chi connectivity index (χ0) is 20.3. The van der Waals surface area contributed by atoms with Crippen LogP contribution in [0.2, 0.25) is 0 Å². The molecule has 5 aromatic rings. The third-order valence-corrected chi connectivity index (χ3v) is 5.67. The molecule has 0 N–H and O–H groups in total. The van der Waals surface area contributed by atoms with Crippen LogP contribution in [0.15, 0.2) is 89.7 Å². The molecule has 7 heteroatoms. The van der Waals surface area contributed by atoms with E-state index in [2.05, 4.69) is 15.1 Å².